The van der Waals surface area contributed by atoms with Crippen molar-refractivity contribution in [2.24, 2.45) is 5.92 Å². The van der Waals surface area contributed by atoms with Crippen LogP contribution in [0.25, 0.3) is 0 Å². The number of carbonyl (C=O) groups excluding carboxylic acids is 1. The minimum atomic E-state index is -4.30. The average Bonchev–Trinajstić information content (AvgIpc) is 2.32. The molecule has 2 rings (SSSR count). The molecule has 1 amide bonds. The molecule has 1 aliphatic rings. The summed E-state index contributed by atoms with van der Waals surface area (Å²) in [6.45, 7) is 0. The molecular weight excluding hydrogens is 478 g/mol. The van der Waals surface area contributed by atoms with Gasteiger partial charge >= 0.3 is 11.8 Å². The number of hydrogen-bond acceptors (Lipinski definition) is 1. The van der Waals surface area contributed by atoms with Crippen LogP contribution in [0, 0.1) is 5.92 Å². The predicted molar refractivity (Wildman–Crippen MR) is 76.2 cm³/mol. The fourth-order valence-corrected chi connectivity index (χ4v) is 3.17. The molecule has 0 heterocycles. The minimum Gasteiger partial charge on any atom is -0.326 e. The Hall–Kier alpha value is -0.150. The first-order valence-corrected chi connectivity index (χ1v) is 7.65. The third-order valence-corrected chi connectivity index (χ3v) is 6.12. The van der Waals surface area contributed by atoms with Gasteiger partial charge in [-0.05, 0) is 59.9 Å². The van der Waals surface area contributed by atoms with E-state index in [1.807, 2.05) is 0 Å². The van der Waals surface area contributed by atoms with E-state index in [9.17, 15) is 22.4 Å². The second-order valence-electron chi connectivity index (χ2n) is 4.33. The molecule has 0 spiro atoms. The second-order valence-corrected chi connectivity index (χ2v) is 6.83. The van der Waals surface area contributed by atoms with Crippen LogP contribution in [0.1, 0.15) is 6.42 Å². The van der Waals surface area contributed by atoms with Crippen LogP contribution in [0.15, 0.2) is 25.6 Å². The normalized spacial score (nSPS) is 23.1. The molecule has 1 atom stereocenters. The fraction of sp³-hybridized carbons (Fsp3) is 0.364. The lowest BCUT2D eigenvalue weighted by molar-refractivity contribution is -0.303. The first-order chi connectivity index (χ1) is 9.06. The van der Waals surface area contributed by atoms with Crippen LogP contribution < -0.4 is 5.32 Å². The summed E-state index contributed by atoms with van der Waals surface area (Å²) in [5.41, 5.74) is 0.225. The number of amides is 1. The highest BCUT2D eigenvalue weighted by atomic mass is 79.9. The number of rotatable bonds is 2. The molecule has 1 N–H and O–H groups in total. The largest absolute Gasteiger partial charge is 0.326 e. The Labute approximate surface area is 136 Å². The van der Waals surface area contributed by atoms with Crippen molar-refractivity contribution in [3.05, 3.63) is 25.6 Å². The Bertz CT molecular complexity index is 556. The van der Waals surface area contributed by atoms with Gasteiger partial charge in [0.15, 0.2) is 0 Å². The Morgan fingerprint density at radius 1 is 1.15 bits per heavy atom. The lowest BCUT2D eigenvalue weighted by Gasteiger charge is -2.42. The van der Waals surface area contributed by atoms with Crippen molar-refractivity contribution in [1.82, 2.24) is 0 Å². The SMILES string of the molecule is O=C(Nc1cc(Br)c(Br)c(Br)c1)[C@H]1CC(F)(F)C1(F)F. The average molecular weight is 484 g/mol. The van der Waals surface area contributed by atoms with Gasteiger partial charge in [0.05, 0.1) is 0 Å². The summed E-state index contributed by atoms with van der Waals surface area (Å²) < 4.78 is 53.5. The molecule has 9 heteroatoms. The van der Waals surface area contributed by atoms with Gasteiger partial charge in [0.1, 0.15) is 5.92 Å². The van der Waals surface area contributed by atoms with Gasteiger partial charge in [-0.3, -0.25) is 4.79 Å². The molecule has 0 bridgehead atoms. The summed E-state index contributed by atoms with van der Waals surface area (Å²) in [6.07, 6.45) is -1.15. The molecule has 0 radical (unpaired) electrons. The van der Waals surface area contributed by atoms with E-state index in [1.165, 1.54) is 12.1 Å². The van der Waals surface area contributed by atoms with Gasteiger partial charge in [0.2, 0.25) is 5.91 Å². The van der Waals surface area contributed by atoms with Crippen LogP contribution in [-0.2, 0) is 4.79 Å². The Kier molecular flexibility index (Phi) is 4.25. The van der Waals surface area contributed by atoms with E-state index in [1.54, 1.807) is 0 Å². The summed E-state index contributed by atoms with van der Waals surface area (Å²) in [4.78, 5) is 11.6. The van der Waals surface area contributed by atoms with Crippen LogP contribution in [0.2, 0.25) is 0 Å². The number of alkyl halides is 4. The van der Waals surface area contributed by atoms with E-state index in [0.717, 1.165) is 0 Å². The highest BCUT2D eigenvalue weighted by Crippen LogP contribution is 2.55. The van der Waals surface area contributed by atoms with Crippen LogP contribution in [-0.4, -0.2) is 17.8 Å². The van der Waals surface area contributed by atoms with Gasteiger partial charge in [-0.2, -0.15) is 17.6 Å². The smallest absolute Gasteiger partial charge is 0.321 e. The molecular formula is C11H6Br3F4NO. The molecule has 20 heavy (non-hydrogen) atoms. The molecule has 0 unspecified atom stereocenters. The van der Waals surface area contributed by atoms with Crippen molar-refractivity contribution in [2.45, 2.75) is 18.3 Å². The highest BCUT2D eigenvalue weighted by Gasteiger charge is 2.74. The van der Waals surface area contributed by atoms with Crippen LogP contribution in [0.5, 0.6) is 0 Å². The van der Waals surface area contributed by atoms with E-state index in [2.05, 4.69) is 53.1 Å². The van der Waals surface area contributed by atoms with Gasteiger partial charge in [0.25, 0.3) is 0 Å². The first kappa shape index (κ1) is 16.2. The number of nitrogens with one attached hydrogen (secondary N) is 1. The second kappa shape index (κ2) is 5.24. The van der Waals surface area contributed by atoms with Crippen molar-refractivity contribution < 1.29 is 22.4 Å². The van der Waals surface area contributed by atoms with Gasteiger partial charge in [-0.1, -0.05) is 0 Å². The molecule has 1 aromatic carbocycles. The maximum atomic E-state index is 13.1. The maximum absolute atomic E-state index is 13.1. The number of hydrogen-bond donors (Lipinski definition) is 1. The van der Waals surface area contributed by atoms with E-state index in [-0.39, 0.29) is 5.69 Å². The zero-order valence-electron chi connectivity index (χ0n) is 9.49. The monoisotopic (exact) mass is 481 g/mol. The summed E-state index contributed by atoms with van der Waals surface area (Å²) in [7, 11) is 0. The van der Waals surface area contributed by atoms with Crippen molar-refractivity contribution in [3.63, 3.8) is 0 Å². The van der Waals surface area contributed by atoms with E-state index in [0.29, 0.717) is 13.4 Å². The van der Waals surface area contributed by atoms with E-state index >= 15 is 0 Å². The van der Waals surface area contributed by atoms with Gasteiger partial charge < -0.3 is 5.32 Å². The van der Waals surface area contributed by atoms with Crippen LogP contribution in [0.4, 0.5) is 23.2 Å². The third kappa shape index (κ3) is 2.64. The van der Waals surface area contributed by atoms with Gasteiger partial charge in [-0.25, -0.2) is 0 Å². The Morgan fingerprint density at radius 3 is 2.05 bits per heavy atom. The molecule has 1 saturated carbocycles. The molecule has 1 fully saturated rings. The molecule has 0 aliphatic heterocycles. The maximum Gasteiger partial charge on any atom is 0.321 e. The molecule has 1 aromatic rings. The van der Waals surface area contributed by atoms with Crippen molar-refractivity contribution in [3.8, 4) is 0 Å². The molecule has 0 saturated heterocycles. The standard InChI is InChI=1S/C11H6Br3F4NO/c12-6-1-4(2-7(13)8(6)14)19-9(20)5-3-10(15,16)11(5,17)18/h1-2,5H,3H2,(H,19,20)/t5-/m1/s1. The lowest BCUT2D eigenvalue weighted by Crippen LogP contribution is -2.62. The zero-order valence-corrected chi connectivity index (χ0v) is 14.3. The zero-order chi connectivity index (χ0) is 15.3. The van der Waals surface area contributed by atoms with Gasteiger partial charge in [0, 0.05) is 25.5 Å². The summed E-state index contributed by atoms with van der Waals surface area (Å²) in [6, 6.07) is 2.95. The number of benzene rings is 1. The van der Waals surface area contributed by atoms with Gasteiger partial charge in [-0.15, -0.1) is 0 Å². The topological polar surface area (TPSA) is 29.1 Å². The number of anilines is 1. The molecule has 0 aromatic heterocycles. The van der Waals surface area contributed by atoms with Crippen molar-refractivity contribution in [2.75, 3.05) is 5.32 Å². The lowest BCUT2D eigenvalue weighted by atomic mass is 9.76. The fourth-order valence-electron chi connectivity index (χ4n) is 1.76. The summed E-state index contributed by atoms with van der Waals surface area (Å²) in [5.74, 6) is -11.6. The molecule has 1 aliphatic carbocycles. The first-order valence-electron chi connectivity index (χ1n) is 5.27. The summed E-state index contributed by atoms with van der Waals surface area (Å²) >= 11 is 9.64. The Balaban J connectivity index is 2.14. The minimum absolute atomic E-state index is 0.225. The molecule has 2 nitrogen and oxygen atoms in total. The highest BCUT2D eigenvalue weighted by molar-refractivity contribution is 9.14. The Morgan fingerprint density at radius 2 is 1.65 bits per heavy atom. The van der Waals surface area contributed by atoms with Crippen LogP contribution >= 0.6 is 47.8 Å². The van der Waals surface area contributed by atoms with E-state index < -0.39 is 30.1 Å². The number of carbonyl (C=O) groups is 1. The van der Waals surface area contributed by atoms with Crippen molar-refractivity contribution in [1.29, 1.82) is 0 Å². The predicted octanol–water partition coefficient (Wildman–Crippen LogP) is 5.20. The van der Waals surface area contributed by atoms with Crippen molar-refractivity contribution >= 4 is 59.4 Å². The third-order valence-electron chi connectivity index (χ3n) is 2.95. The van der Waals surface area contributed by atoms with E-state index in [4.69, 9.17) is 0 Å². The van der Waals surface area contributed by atoms with Crippen LogP contribution in [0.3, 0.4) is 0 Å². The number of halogens is 7. The summed E-state index contributed by atoms with van der Waals surface area (Å²) in [5, 5.41) is 2.21. The molecule has 110 valence electrons. The quantitative estimate of drug-likeness (QED) is 0.454.